The van der Waals surface area contributed by atoms with Crippen LogP contribution >= 0.6 is 22.6 Å². The molecule has 2 aliphatic heterocycles. The molecule has 0 bridgehead atoms. The van der Waals surface area contributed by atoms with Crippen LogP contribution in [0.25, 0.3) is 6.08 Å². The summed E-state index contributed by atoms with van der Waals surface area (Å²) in [6, 6.07) is 11.2. The molecule has 280 valence electrons. The van der Waals surface area contributed by atoms with E-state index in [4.69, 9.17) is 37.9 Å². The SMILES string of the molecule is COCOc1cc(N(CCI)C(=O)OC(C)(C)C)cc2c1C(=O)O[C@@H](C)[C@H](C)/C=C\[C@@H](OCc1ccc(OC)cc1)[C@H]1OC(C)(C)O[C@H]1CC=C2. The fourth-order valence-electron chi connectivity index (χ4n) is 5.69. The van der Waals surface area contributed by atoms with Crippen LogP contribution in [0.4, 0.5) is 10.5 Å². The zero-order valence-electron chi connectivity index (χ0n) is 31.1. The maximum absolute atomic E-state index is 14.0. The van der Waals surface area contributed by atoms with Crippen LogP contribution in [0.15, 0.2) is 54.6 Å². The molecule has 2 aromatic rings. The van der Waals surface area contributed by atoms with Crippen molar-refractivity contribution < 1.29 is 47.5 Å². The highest BCUT2D eigenvalue weighted by Gasteiger charge is 2.44. The Morgan fingerprint density at radius 1 is 1.06 bits per heavy atom. The van der Waals surface area contributed by atoms with Gasteiger partial charge in [-0.05, 0) is 77.3 Å². The topological polar surface area (TPSA) is 111 Å². The average Bonchev–Trinajstić information content (AvgIpc) is 3.38. The number of ether oxygens (including phenoxy) is 8. The van der Waals surface area contributed by atoms with Crippen LogP contribution in [0, 0.1) is 5.92 Å². The van der Waals surface area contributed by atoms with Crippen molar-refractivity contribution in [1.82, 2.24) is 0 Å². The second-order valence-electron chi connectivity index (χ2n) is 14.0. The molecular weight excluding hydrogens is 769 g/mol. The number of cyclic esters (lactones) is 1. The third kappa shape index (κ3) is 11.4. The Morgan fingerprint density at radius 3 is 2.43 bits per heavy atom. The summed E-state index contributed by atoms with van der Waals surface area (Å²) in [4.78, 5) is 29.0. The number of fused-ring (bicyclic) bond motifs is 2. The number of amides is 1. The first-order valence-corrected chi connectivity index (χ1v) is 18.7. The smallest absolute Gasteiger partial charge is 0.414 e. The van der Waals surface area contributed by atoms with Gasteiger partial charge in [-0.25, -0.2) is 9.59 Å². The largest absolute Gasteiger partial charge is 0.497 e. The van der Waals surface area contributed by atoms with Gasteiger partial charge in [0.2, 0.25) is 0 Å². The van der Waals surface area contributed by atoms with E-state index in [2.05, 4.69) is 22.6 Å². The zero-order chi connectivity index (χ0) is 37.3. The molecule has 0 aliphatic carbocycles. The van der Waals surface area contributed by atoms with E-state index in [1.54, 1.807) is 19.2 Å². The number of anilines is 1. The minimum absolute atomic E-state index is 0.123. The molecule has 1 fully saturated rings. The van der Waals surface area contributed by atoms with Crippen LogP contribution in [0.1, 0.15) is 76.4 Å². The third-order valence-corrected chi connectivity index (χ3v) is 8.82. The molecule has 1 amide bonds. The maximum Gasteiger partial charge on any atom is 0.414 e. The molecule has 2 aromatic carbocycles. The summed E-state index contributed by atoms with van der Waals surface area (Å²) in [5, 5.41) is 0. The summed E-state index contributed by atoms with van der Waals surface area (Å²) in [7, 11) is 3.13. The van der Waals surface area contributed by atoms with Crippen LogP contribution < -0.4 is 14.4 Å². The highest BCUT2D eigenvalue weighted by molar-refractivity contribution is 14.1. The first-order chi connectivity index (χ1) is 24.1. The van der Waals surface area contributed by atoms with Crippen molar-refractivity contribution in [3.05, 3.63) is 71.3 Å². The fourth-order valence-corrected chi connectivity index (χ4v) is 6.18. The van der Waals surface area contributed by atoms with Crippen LogP contribution in [0.5, 0.6) is 11.5 Å². The minimum Gasteiger partial charge on any atom is -0.497 e. The number of benzene rings is 2. The van der Waals surface area contributed by atoms with Crippen molar-refractivity contribution in [1.29, 1.82) is 0 Å². The fraction of sp³-hybridized carbons (Fsp3) is 0.538. The summed E-state index contributed by atoms with van der Waals surface area (Å²) < 4.78 is 48.3. The van der Waals surface area contributed by atoms with Crippen molar-refractivity contribution in [3.63, 3.8) is 0 Å². The molecule has 0 radical (unpaired) electrons. The molecule has 2 heterocycles. The monoisotopic (exact) mass is 821 g/mol. The van der Waals surface area contributed by atoms with Gasteiger partial charge >= 0.3 is 12.1 Å². The van der Waals surface area contributed by atoms with Gasteiger partial charge in [-0.15, -0.1) is 0 Å². The summed E-state index contributed by atoms with van der Waals surface area (Å²) in [6.45, 7) is 13.6. The van der Waals surface area contributed by atoms with Crippen LogP contribution in [0.3, 0.4) is 0 Å². The van der Waals surface area contributed by atoms with Crippen molar-refractivity contribution in [2.75, 3.05) is 36.9 Å². The third-order valence-electron chi connectivity index (χ3n) is 8.34. The zero-order valence-corrected chi connectivity index (χ0v) is 33.3. The van der Waals surface area contributed by atoms with Crippen LogP contribution in [-0.2, 0) is 35.0 Å². The van der Waals surface area contributed by atoms with Gasteiger partial charge in [0.15, 0.2) is 12.6 Å². The number of carbonyl (C=O) groups excluding carboxylic acids is 2. The van der Waals surface area contributed by atoms with E-state index in [1.807, 2.05) is 97.0 Å². The Labute approximate surface area is 315 Å². The molecule has 51 heavy (non-hydrogen) atoms. The number of nitrogens with zero attached hydrogens (tertiary/aromatic N) is 1. The minimum atomic E-state index is -0.857. The van der Waals surface area contributed by atoms with E-state index in [9.17, 15) is 9.59 Å². The molecule has 1 saturated heterocycles. The average molecular weight is 822 g/mol. The van der Waals surface area contributed by atoms with Crippen molar-refractivity contribution in [3.8, 4) is 11.5 Å². The van der Waals surface area contributed by atoms with Gasteiger partial charge in [0.1, 0.15) is 41.0 Å². The Morgan fingerprint density at radius 2 is 1.78 bits per heavy atom. The summed E-state index contributed by atoms with van der Waals surface area (Å²) in [6.07, 6.45) is 5.83. The lowest BCUT2D eigenvalue weighted by Gasteiger charge is -2.28. The van der Waals surface area contributed by atoms with E-state index >= 15 is 0 Å². The Balaban J connectivity index is 1.77. The van der Waals surface area contributed by atoms with Crippen molar-refractivity contribution in [2.24, 2.45) is 5.92 Å². The molecule has 0 N–H and O–H groups in total. The maximum atomic E-state index is 14.0. The summed E-state index contributed by atoms with van der Waals surface area (Å²) in [5.41, 5.74) is 1.49. The quantitative estimate of drug-likeness (QED) is 0.0767. The van der Waals surface area contributed by atoms with Gasteiger partial charge in [0.25, 0.3) is 0 Å². The highest BCUT2D eigenvalue weighted by Crippen LogP contribution is 2.36. The number of hydrogen-bond acceptors (Lipinski definition) is 10. The van der Waals surface area contributed by atoms with Gasteiger partial charge in [0, 0.05) is 30.1 Å². The molecule has 0 saturated carbocycles. The molecular formula is C39H52INO10. The second kappa shape index (κ2) is 18.0. The Kier molecular flexibility index (Phi) is 14.4. The van der Waals surface area contributed by atoms with E-state index in [1.165, 1.54) is 12.0 Å². The molecule has 12 heteroatoms. The van der Waals surface area contributed by atoms with E-state index in [0.29, 0.717) is 35.3 Å². The number of methoxy groups -OCH3 is 2. The Hall–Kier alpha value is -3.17. The summed E-state index contributed by atoms with van der Waals surface area (Å²) >= 11 is 2.21. The van der Waals surface area contributed by atoms with E-state index in [-0.39, 0.29) is 30.1 Å². The lowest BCUT2D eigenvalue weighted by atomic mass is 9.98. The van der Waals surface area contributed by atoms with Gasteiger partial charge in [0.05, 0.1) is 25.5 Å². The van der Waals surface area contributed by atoms with E-state index < -0.39 is 41.8 Å². The first-order valence-electron chi connectivity index (χ1n) is 17.2. The predicted octanol–water partition coefficient (Wildman–Crippen LogP) is 8.11. The number of rotatable bonds is 10. The number of hydrogen-bond donors (Lipinski definition) is 0. The van der Waals surface area contributed by atoms with Gasteiger partial charge in [-0.3, -0.25) is 4.90 Å². The molecule has 2 aliphatic rings. The molecule has 11 nitrogen and oxygen atoms in total. The van der Waals surface area contributed by atoms with Crippen LogP contribution in [-0.4, -0.2) is 79.9 Å². The highest BCUT2D eigenvalue weighted by atomic mass is 127. The molecule has 4 rings (SSSR count). The molecule has 5 atom stereocenters. The van der Waals surface area contributed by atoms with Crippen molar-refractivity contribution in [2.45, 2.75) is 97.3 Å². The predicted molar refractivity (Wildman–Crippen MR) is 204 cm³/mol. The standard InChI is InChI=1S/C39H52INO10/c1-25-13-18-31(46-23-27-14-16-30(45-9)17-15-27)35-32(49-39(6,7)50-35)12-10-11-28-21-29(41(20-19-40)37(43)51-38(3,4)5)22-33(47-24-44-8)34(28)36(42)48-26(25)2/h10-11,13-18,21-22,25-26,31-32,35H,12,19-20,23-24H2,1-9H3/b11-10?,18-13-/t25-,26+,31-,32+,35-/m1/s1. The normalized spacial score (nSPS) is 24.0. The number of alkyl halides is 1. The van der Waals surface area contributed by atoms with Crippen LogP contribution in [0.2, 0.25) is 0 Å². The molecule has 0 spiro atoms. The van der Waals surface area contributed by atoms with Gasteiger partial charge < -0.3 is 37.9 Å². The van der Waals surface area contributed by atoms with Gasteiger partial charge in [-0.1, -0.05) is 66.0 Å². The lowest BCUT2D eigenvalue weighted by molar-refractivity contribution is -0.156. The van der Waals surface area contributed by atoms with Gasteiger partial charge in [-0.2, -0.15) is 0 Å². The molecule has 0 unspecified atom stereocenters. The number of halogens is 1. The van der Waals surface area contributed by atoms with Crippen molar-refractivity contribution >= 4 is 46.4 Å². The van der Waals surface area contributed by atoms with E-state index in [0.717, 1.165) is 11.3 Å². The second-order valence-corrected chi connectivity index (χ2v) is 15.1. The molecule has 0 aromatic heterocycles. The summed E-state index contributed by atoms with van der Waals surface area (Å²) in [5.74, 6) is -0.629. The first kappa shape index (κ1) is 40.6. The number of esters is 1. The lowest BCUT2D eigenvalue weighted by Crippen LogP contribution is -2.38. The Bertz CT molecular complexity index is 1530. The number of carbonyl (C=O) groups is 2.